The highest BCUT2D eigenvalue weighted by Gasteiger charge is 2.38. The highest BCUT2D eigenvalue weighted by molar-refractivity contribution is 6.34. The van der Waals surface area contributed by atoms with Crippen molar-refractivity contribution in [2.75, 3.05) is 18.5 Å². The fourth-order valence-corrected chi connectivity index (χ4v) is 4.88. The van der Waals surface area contributed by atoms with E-state index in [2.05, 4.69) is 5.32 Å². The van der Waals surface area contributed by atoms with Crippen LogP contribution in [0.4, 0.5) is 24.5 Å². The minimum absolute atomic E-state index is 0.00322. The molecule has 40 heavy (non-hydrogen) atoms. The van der Waals surface area contributed by atoms with Crippen molar-refractivity contribution in [1.82, 2.24) is 4.90 Å². The number of amides is 2. The molecule has 1 aromatic heterocycles. The summed E-state index contributed by atoms with van der Waals surface area (Å²) in [6.45, 7) is 0.217. The van der Waals surface area contributed by atoms with Crippen molar-refractivity contribution in [3.8, 4) is 0 Å². The van der Waals surface area contributed by atoms with Crippen molar-refractivity contribution in [1.29, 1.82) is 0 Å². The molecule has 0 aliphatic heterocycles. The molecule has 14 heteroatoms. The Kier molecular flexibility index (Phi) is 8.84. The summed E-state index contributed by atoms with van der Waals surface area (Å²) >= 11 is 6.00. The van der Waals surface area contributed by atoms with Gasteiger partial charge in [-0.15, -0.1) is 0 Å². The summed E-state index contributed by atoms with van der Waals surface area (Å²) in [6.07, 6.45) is -2.62. The number of anilines is 1. The highest BCUT2D eigenvalue weighted by Crippen LogP contribution is 2.38. The SMILES string of the molecule is NC(=O)C(=O)N(CCOC1CCC(Nc2ccc([N+](=O)[O-])c(C(F)(F)F)c2)CC1)Cc1cc2cc(Cl)ccc2o1. The average molecular weight is 583 g/mol. The zero-order chi connectivity index (χ0) is 29.0. The molecule has 1 aliphatic carbocycles. The van der Waals surface area contributed by atoms with Crippen LogP contribution >= 0.6 is 11.6 Å². The summed E-state index contributed by atoms with van der Waals surface area (Å²) in [4.78, 5) is 35.1. The second-order valence-electron chi connectivity index (χ2n) is 9.46. The van der Waals surface area contributed by atoms with Gasteiger partial charge in [-0.2, -0.15) is 13.2 Å². The molecule has 0 saturated heterocycles. The van der Waals surface area contributed by atoms with E-state index in [1.54, 1.807) is 24.3 Å². The molecule has 4 rings (SSSR count). The number of fused-ring (bicyclic) bond motifs is 1. The minimum atomic E-state index is -4.85. The van der Waals surface area contributed by atoms with Crippen LogP contribution in [-0.2, 0) is 27.0 Å². The van der Waals surface area contributed by atoms with E-state index in [-0.39, 0.29) is 37.5 Å². The number of nitro benzene ring substituents is 1. The van der Waals surface area contributed by atoms with E-state index in [1.165, 1.54) is 11.0 Å². The van der Waals surface area contributed by atoms with Crippen LogP contribution in [0.25, 0.3) is 11.0 Å². The maximum absolute atomic E-state index is 13.3. The van der Waals surface area contributed by atoms with Crippen molar-refractivity contribution >= 4 is 45.8 Å². The Morgan fingerprint density at radius 2 is 1.88 bits per heavy atom. The summed E-state index contributed by atoms with van der Waals surface area (Å²) < 4.78 is 51.4. The number of hydrogen-bond acceptors (Lipinski definition) is 7. The van der Waals surface area contributed by atoms with Gasteiger partial charge < -0.3 is 25.1 Å². The van der Waals surface area contributed by atoms with Gasteiger partial charge in [0.25, 0.3) is 5.69 Å². The zero-order valence-corrected chi connectivity index (χ0v) is 21.8. The first-order valence-corrected chi connectivity index (χ1v) is 12.8. The number of primary amides is 1. The number of furan rings is 1. The monoisotopic (exact) mass is 582 g/mol. The van der Waals surface area contributed by atoms with Crippen molar-refractivity contribution in [3.63, 3.8) is 0 Å². The van der Waals surface area contributed by atoms with E-state index in [0.717, 1.165) is 17.5 Å². The van der Waals surface area contributed by atoms with E-state index >= 15 is 0 Å². The van der Waals surface area contributed by atoms with E-state index in [4.69, 9.17) is 26.5 Å². The van der Waals surface area contributed by atoms with Gasteiger partial charge in [0.15, 0.2) is 0 Å². The summed E-state index contributed by atoms with van der Waals surface area (Å²) in [5.41, 5.74) is 3.64. The molecule has 3 aromatic rings. The van der Waals surface area contributed by atoms with Gasteiger partial charge in [-0.3, -0.25) is 19.7 Å². The van der Waals surface area contributed by atoms with Crippen LogP contribution in [-0.4, -0.2) is 46.9 Å². The minimum Gasteiger partial charge on any atom is -0.459 e. The lowest BCUT2D eigenvalue weighted by molar-refractivity contribution is -0.388. The normalized spacial score (nSPS) is 17.5. The summed E-state index contributed by atoms with van der Waals surface area (Å²) in [5, 5.41) is 15.3. The third-order valence-electron chi connectivity index (χ3n) is 6.63. The molecule has 0 radical (unpaired) electrons. The number of alkyl halides is 3. The largest absolute Gasteiger partial charge is 0.459 e. The Morgan fingerprint density at radius 1 is 1.15 bits per heavy atom. The molecule has 1 heterocycles. The summed E-state index contributed by atoms with van der Waals surface area (Å²) in [7, 11) is 0. The predicted molar refractivity (Wildman–Crippen MR) is 140 cm³/mol. The van der Waals surface area contributed by atoms with E-state index in [9.17, 15) is 32.9 Å². The number of carbonyl (C=O) groups is 2. The van der Waals surface area contributed by atoms with Gasteiger partial charge in [-0.25, -0.2) is 0 Å². The molecule has 1 saturated carbocycles. The molecule has 214 valence electrons. The van der Waals surface area contributed by atoms with Crippen LogP contribution in [0, 0.1) is 10.1 Å². The molecule has 2 aromatic carbocycles. The second kappa shape index (κ2) is 12.1. The first-order chi connectivity index (χ1) is 18.9. The van der Waals surface area contributed by atoms with Gasteiger partial charge in [-0.05, 0) is 62.1 Å². The Labute approximate surface area is 231 Å². The van der Waals surface area contributed by atoms with Gasteiger partial charge in [0.1, 0.15) is 16.9 Å². The number of nitro groups is 1. The summed E-state index contributed by atoms with van der Waals surface area (Å²) in [5.74, 6) is -1.54. The maximum atomic E-state index is 13.3. The van der Waals surface area contributed by atoms with Crippen LogP contribution in [0.1, 0.15) is 37.0 Å². The van der Waals surface area contributed by atoms with Gasteiger partial charge in [0.05, 0.1) is 24.2 Å². The van der Waals surface area contributed by atoms with Crippen molar-refractivity contribution in [2.45, 2.75) is 50.6 Å². The van der Waals surface area contributed by atoms with Gasteiger partial charge in [0.2, 0.25) is 0 Å². The molecule has 1 fully saturated rings. The molecule has 0 bridgehead atoms. The van der Waals surface area contributed by atoms with E-state index in [0.29, 0.717) is 42.0 Å². The number of benzene rings is 2. The lowest BCUT2D eigenvalue weighted by Gasteiger charge is -2.30. The molecular weight excluding hydrogens is 557 g/mol. The molecule has 3 N–H and O–H groups in total. The van der Waals surface area contributed by atoms with Crippen LogP contribution in [0.3, 0.4) is 0 Å². The van der Waals surface area contributed by atoms with E-state index in [1.807, 2.05) is 0 Å². The Bertz CT molecular complexity index is 1400. The maximum Gasteiger partial charge on any atom is 0.423 e. The number of rotatable bonds is 9. The van der Waals surface area contributed by atoms with Crippen molar-refractivity contribution in [3.05, 3.63) is 68.9 Å². The lowest BCUT2D eigenvalue weighted by atomic mass is 9.92. The Morgan fingerprint density at radius 3 is 2.52 bits per heavy atom. The molecule has 0 atom stereocenters. The zero-order valence-electron chi connectivity index (χ0n) is 21.1. The second-order valence-corrected chi connectivity index (χ2v) is 9.90. The fraction of sp³-hybridized carbons (Fsp3) is 0.385. The number of halogens is 4. The van der Waals surface area contributed by atoms with E-state index < -0.39 is 34.2 Å². The number of nitrogens with one attached hydrogen (secondary N) is 1. The quantitative estimate of drug-likeness (QED) is 0.199. The first kappa shape index (κ1) is 29.2. The van der Waals surface area contributed by atoms with Crippen LogP contribution < -0.4 is 11.1 Å². The summed E-state index contributed by atoms with van der Waals surface area (Å²) in [6, 6.07) is 9.53. The number of nitrogens with zero attached hydrogens (tertiary/aromatic N) is 2. The number of hydrogen-bond donors (Lipinski definition) is 2. The van der Waals surface area contributed by atoms with Crippen molar-refractivity contribution < 1.29 is 36.8 Å². The standard InChI is InChI=1S/C26H26ClF3N4O6/c27-16-1-8-23-15(11-16)12-20(40-23)14-33(25(36)24(31)35)9-10-39-19-5-2-17(3-6-19)32-18-4-7-22(34(37)38)21(13-18)26(28,29)30/h1,4,7-8,11-13,17,19,32H,2-3,5-6,9-10,14H2,(H2,31,35). The van der Waals surface area contributed by atoms with Crippen LogP contribution in [0.15, 0.2) is 46.9 Å². The predicted octanol–water partition coefficient (Wildman–Crippen LogP) is 5.27. The molecule has 1 aliphatic rings. The first-order valence-electron chi connectivity index (χ1n) is 12.4. The Balaban J connectivity index is 1.29. The molecular formula is C26H26ClF3N4O6. The van der Waals surface area contributed by atoms with Gasteiger partial charge in [-0.1, -0.05) is 11.6 Å². The topological polar surface area (TPSA) is 141 Å². The highest BCUT2D eigenvalue weighted by atomic mass is 35.5. The third-order valence-corrected chi connectivity index (χ3v) is 6.87. The van der Waals surface area contributed by atoms with Gasteiger partial charge >= 0.3 is 18.0 Å². The fourth-order valence-electron chi connectivity index (χ4n) is 4.69. The van der Waals surface area contributed by atoms with Crippen molar-refractivity contribution in [2.24, 2.45) is 5.73 Å². The Hall–Kier alpha value is -3.84. The average Bonchev–Trinajstić information content (AvgIpc) is 3.29. The number of nitrogens with two attached hydrogens (primary N) is 1. The molecule has 10 nitrogen and oxygen atoms in total. The molecule has 0 unspecified atom stereocenters. The molecule has 0 spiro atoms. The van der Waals surface area contributed by atoms with Crippen LogP contribution in [0.2, 0.25) is 5.02 Å². The van der Waals surface area contributed by atoms with Gasteiger partial charge in [0, 0.05) is 34.7 Å². The number of ether oxygens (including phenoxy) is 1. The third kappa shape index (κ3) is 7.21. The lowest BCUT2D eigenvalue weighted by Crippen LogP contribution is -2.42. The number of carbonyl (C=O) groups excluding carboxylic acids is 2. The smallest absolute Gasteiger partial charge is 0.423 e. The van der Waals surface area contributed by atoms with Crippen LogP contribution in [0.5, 0.6) is 0 Å². The molecule has 2 amide bonds.